The number of urea groups is 1. The van der Waals surface area contributed by atoms with E-state index in [2.05, 4.69) is 15.3 Å². The molecule has 1 aromatic carbocycles. The topological polar surface area (TPSA) is 84.4 Å². The number of amides is 2. The Morgan fingerprint density at radius 3 is 2.84 bits per heavy atom. The summed E-state index contributed by atoms with van der Waals surface area (Å²) in [6.07, 6.45) is 1.86. The van der Waals surface area contributed by atoms with Crippen LogP contribution in [0.3, 0.4) is 0 Å². The zero-order chi connectivity index (χ0) is 17.4. The Bertz CT molecular complexity index is 862. The van der Waals surface area contributed by atoms with E-state index in [-0.39, 0.29) is 18.0 Å². The van der Waals surface area contributed by atoms with Crippen molar-refractivity contribution in [1.29, 1.82) is 0 Å². The van der Waals surface area contributed by atoms with E-state index in [9.17, 15) is 4.79 Å². The number of fused-ring (bicyclic) bond motifs is 1. The molecule has 2 amide bonds. The summed E-state index contributed by atoms with van der Waals surface area (Å²) in [5.74, 6) is 1.50. The van der Waals surface area contributed by atoms with Crippen molar-refractivity contribution in [3.05, 3.63) is 41.6 Å². The monoisotopic (exact) mass is 340 g/mol. The van der Waals surface area contributed by atoms with Crippen LogP contribution in [0.15, 0.2) is 33.1 Å². The van der Waals surface area contributed by atoms with Crippen molar-refractivity contribution >= 4 is 23.1 Å². The van der Waals surface area contributed by atoms with Gasteiger partial charge >= 0.3 is 12.0 Å². The van der Waals surface area contributed by atoms with Crippen LogP contribution in [0.1, 0.15) is 36.1 Å². The predicted molar refractivity (Wildman–Crippen MR) is 92.6 cm³/mol. The lowest BCUT2D eigenvalue weighted by atomic mass is 9.98. The molecule has 0 spiro atoms. The molecule has 3 heterocycles. The van der Waals surface area contributed by atoms with Crippen molar-refractivity contribution in [3.63, 3.8) is 0 Å². The zero-order valence-electron chi connectivity index (χ0n) is 14.3. The number of oxazole rings is 2. The third-order valence-electron chi connectivity index (χ3n) is 4.61. The van der Waals surface area contributed by atoms with Gasteiger partial charge in [0.15, 0.2) is 11.5 Å². The quantitative estimate of drug-likeness (QED) is 0.766. The molecule has 3 aromatic rings. The number of nitrogens with zero attached hydrogens (tertiary/aromatic N) is 3. The van der Waals surface area contributed by atoms with Crippen LogP contribution < -0.4 is 5.32 Å². The van der Waals surface area contributed by atoms with Gasteiger partial charge in [-0.05, 0) is 38.8 Å². The van der Waals surface area contributed by atoms with E-state index < -0.39 is 0 Å². The molecule has 2 aromatic heterocycles. The maximum Gasteiger partial charge on any atom is 0.325 e. The molecule has 7 nitrogen and oxygen atoms in total. The van der Waals surface area contributed by atoms with Gasteiger partial charge in [-0.25, -0.2) is 9.78 Å². The highest BCUT2D eigenvalue weighted by molar-refractivity contribution is 5.87. The average molecular weight is 340 g/mol. The summed E-state index contributed by atoms with van der Waals surface area (Å²) in [5, 5.41) is 2.73. The molecule has 25 heavy (non-hydrogen) atoms. The number of para-hydroxylation sites is 2. The molecule has 7 heteroatoms. The number of anilines is 1. The van der Waals surface area contributed by atoms with Gasteiger partial charge in [-0.15, -0.1) is 0 Å². The van der Waals surface area contributed by atoms with Crippen molar-refractivity contribution < 1.29 is 13.6 Å². The summed E-state index contributed by atoms with van der Waals surface area (Å²) in [5.41, 5.74) is 2.41. The second-order valence-corrected chi connectivity index (χ2v) is 6.40. The Labute approximate surface area is 145 Å². The first-order chi connectivity index (χ1) is 12.1. The van der Waals surface area contributed by atoms with Crippen LogP contribution in [-0.2, 0) is 0 Å². The summed E-state index contributed by atoms with van der Waals surface area (Å²) in [4.78, 5) is 23.0. The van der Waals surface area contributed by atoms with Gasteiger partial charge in [0, 0.05) is 13.1 Å². The highest BCUT2D eigenvalue weighted by atomic mass is 16.4. The van der Waals surface area contributed by atoms with E-state index in [1.165, 1.54) is 0 Å². The Balaban J connectivity index is 1.47. The fourth-order valence-corrected chi connectivity index (χ4v) is 3.12. The number of carbonyl (C=O) groups excluding carboxylic acids is 1. The van der Waals surface area contributed by atoms with Crippen LogP contribution in [0, 0.1) is 13.8 Å². The lowest BCUT2D eigenvalue weighted by Gasteiger charge is -2.30. The van der Waals surface area contributed by atoms with E-state index in [1.54, 1.807) is 4.90 Å². The maximum absolute atomic E-state index is 12.5. The maximum atomic E-state index is 12.5. The fraction of sp³-hybridized carbons (Fsp3) is 0.389. The summed E-state index contributed by atoms with van der Waals surface area (Å²) in [6.45, 7) is 4.93. The standard InChI is InChI=1S/C18H20N4O3/c1-11-12(2)24-17(19-11)21-18(23)22-9-5-6-13(10-22)16-20-14-7-3-4-8-15(14)25-16/h3-4,7-8,13H,5-6,9-10H2,1-2H3,(H,19,21,23). The molecule has 1 aliphatic rings. The minimum absolute atomic E-state index is 0.0972. The number of benzene rings is 1. The molecule has 0 bridgehead atoms. The average Bonchev–Trinajstić information content (AvgIpc) is 3.18. The summed E-state index contributed by atoms with van der Waals surface area (Å²) in [6, 6.07) is 7.74. The SMILES string of the molecule is Cc1nc(NC(=O)N2CCCC(c3nc4ccccc4o3)C2)oc1C. The summed E-state index contributed by atoms with van der Waals surface area (Å²) >= 11 is 0. The number of aryl methyl sites for hydroxylation is 2. The normalized spacial score (nSPS) is 17.8. The van der Waals surface area contributed by atoms with Gasteiger partial charge in [-0.3, -0.25) is 5.32 Å². The molecule has 1 N–H and O–H groups in total. The van der Waals surface area contributed by atoms with Gasteiger partial charge in [0.05, 0.1) is 11.6 Å². The van der Waals surface area contributed by atoms with E-state index in [4.69, 9.17) is 8.83 Å². The smallest absolute Gasteiger partial charge is 0.325 e. The Morgan fingerprint density at radius 2 is 2.08 bits per heavy atom. The third-order valence-corrected chi connectivity index (χ3v) is 4.61. The summed E-state index contributed by atoms with van der Waals surface area (Å²) in [7, 11) is 0. The predicted octanol–water partition coefficient (Wildman–Crippen LogP) is 3.84. The lowest BCUT2D eigenvalue weighted by Crippen LogP contribution is -2.41. The third kappa shape index (κ3) is 3.09. The Morgan fingerprint density at radius 1 is 1.24 bits per heavy atom. The highest BCUT2D eigenvalue weighted by Crippen LogP contribution is 2.29. The molecular weight excluding hydrogens is 320 g/mol. The molecule has 1 aliphatic heterocycles. The van der Waals surface area contributed by atoms with E-state index in [1.807, 2.05) is 38.1 Å². The Kier molecular flexibility index (Phi) is 3.91. The van der Waals surface area contributed by atoms with Gasteiger partial charge in [0.1, 0.15) is 11.3 Å². The first kappa shape index (κ1) is 15.7. The lowest BCUT2D eigenvalue weighted by molar-refractivity contribution is 0.187. The zero-order valence-corrected chi connectivity index (χ0v) is 14.3. The van der Waals surface area contributed by atoms with Gasteiger partial charge in [-0.2, -0.15) is 4.98 Å². The second-order valence-electron chi connectivity index (χ2n) is 6.40. The van der Waals surface area contributed by atoms with Crippen LogP contribution in [0.2, 0.25) is 0 Å². The van der Waals surface area contributed by atoms with Crippen molar-refractivity contribution in [2.75, 3.05) is 18.4 Å². The molecule has 0 saturated carbocycles. The molecule has 1 unspecified atom stereocenters. The molecule has 0 aliphatic carbocycles. The van der Waals surface area contributed by atoms with Gasteiger partial charge in [-0.1, -0.05) is 12.1 Å². The van der Waals surface area contributed by atoms with Crippen LogP contribution >= 0.6 is 0 Å². The minimum Gasteiger partial charge on any atom is -0.440 e. The first-order valence-electron chi connectivity index (χ1n) is 8.45. The number of carbonyl (C=O) groups is 1. The van der Waals surface area contributed by atoms with Crippen LogP contribution in [-0.4, -0.2) is 34.0 Å². The number of rotatable bonds is 2. The van der Waals surface area contributed by atoms with E-state index in [0.717, 1.165) is 29.6 Å². The van der Waals surface area contributed by atoms with Gasteiger partial charge < -0.3 is 13.7 Å². The van der Waals surface area contributed by atoms with E-state index in [0.29, 0.717) is 24.7 Å². The number of hydrogen-bond donors (Lipinski definition) is 1. The molecule has 1 saturated heterocycles. The number of aromatic nitrogens is 2. The molecule has 1 fully saturated rings. The number of likely N-dealkylation sites (tertiary alicyclic amines) is 1. The van der Waals surface area contributed by atoms with Crippen molar-refractivity contribution in [1.82, 2.24) is 14.9 Å². The van der Waals surface area contributed by atoms with Crippen molar-refractivity contribution in [3.8, 4) is 0 Å². The van der Waals surface area contributed by atoms with Gasteiger partial charge in [0.2, 0.25) is 0 Å². The van der Waals surface area contributed by atoms with Gasteiger partial charge in [0.25, 0.3) is 0 Å². The van der Waals surface area contributed by atoms with Crippen LogP contribution in [0.4, 0.5) is 10.8 Å². The van der Waals surface area contributed by atoms with Crippen LogP contribution in [0.5, 0.6) is 0 Å². The fourth-order valence-electron chi connectivity index (χ4n) is 3.12. The second kappa shape index (κ2) is 6.23. The molecular formula is C18H20N4O3. The van der Waals surface area contributed by atoms with E-state index >= 15 is 0 Å². The van der Waals surface area contributed by atoms with Crippen molar-refractivity contribution in [2.45, 2.75) is 32.6 Å². The number of hydrogen-bond acceptors (Lipinski definition) is 5. The Hall–Kier alpha value is -2.83. The van der Waals surface area contributed by atoms with Crippen LogP contribution in [0.25, 0.3) is 11.1 Å². The van der Waals surface area contributed by atoms with Crippen molar-refractivity contribution in [2.24, 2.45) is 0 Å². The molecule has 1 atom stereocenters. The number of nitrogens with one attached hydrogen (secondary N) is 1. The molecule has 130 valence electrons. The first-order valence-corrected chi connectivity index (χ1v) is 8.45. The molecule has 4 rings (SSSR count). The highest BCUT2D eigenvalue weighted by Gasteiger charge is 2.28. The number of piperidine rings is 1. The summed E-state index contributed by atoms with van der Waals surface area (Å²) < 4.78 is 11.3. The molecule has 0 radical (unpaired) electrons. The minimum atomic E-state index is -0.206. The largest absolute Gasteiger partial charge is 0.440 e.